The Bertz CT molecular complexity index is 808. The number of rotatable bonds is 6. The third-order valence-corrected chi connectivity index (χ3v) is 5.49. The second kappa shape index (κ2) is 8.63. The quantitative estimate of drug-likeness (QED) is 0.786. The second-order valence-electron chi connectivity index (χ2n) is 7.16. The highest BCUT2D eigenvalue weighted by atomic mass is 19.1. The van der Waals surface area contributed by atoms with Gasteiger partial charge in [0.2, 0.25) is 0 Å². The SMILES string of the molecule is COCCN1CCC(c2cccc(F)c2C)C(C(=O)c2cccc(O)c2)C1. The summed E-state index contributed by atoms with van der Waals surface area (Å²) in [6.07, 6.45) is 0.781. The van der Waals surface area contributed by atoms with E-state index in [4.69, 9.17) is 4.74 Å². The molecular formula is C22H26FNO3. The van der Waals surface area contributed by atoms with Crippen LogP contribution in [-0.4, -0.2) is 49.1 Å². The Morgan fingerprint density at radius 2 is 2.07 bits per heavy atom. The number of nitrogens with zero attached hydrogens (tertiary/aromatic N) is 1. The molecule has 1 N–H and O–H groups in total. The lowest BCUT2D eigenvalue weighted by Crippen LogP contribution is -2.44. The highest BCUT2D eigenvalue weighted by Crippen LogP contribution is 2.37. The van der Waals surface area contributed by atoms with Crippen molar-refractivity contribution in [3.8, 4) is 5.75 Å². The van der Waals surface area contributed by atoms with Crippen molar-refractivity contribution < 1.29 is 19.0 Å². The van der Waals surface area contributed by atoms with E-state index >= 15 is 0 Å². The number of Topliss-reactive ketones (excluding diaryl/α,β-unsaturated/α-hetero) is 1. The number of ether oxygens (including phenoxy) is 1. The number of methoxy groups -OCH3 is 1. The van der Waals surface area contributed by atoms with E-state index in [0.29, 0.717) is 24.3 Å². The molecule has 0 aromatic heterocycles. The van der Waals surface area contributed by atoms with Crippen molar-refractivity contribution in [2.75, 3.05) is 33.4 Å². The van der Waals surface area contributed by atoms with Crippen molar-refractivity contribution in [1.29, 1.82) is 0 Å². The number of likely N-dealkylation sites (tertiary alicyclic amines) is 1. The van der Waals surface area contributed by atoms with E-state index < -0.39 is 0 Å². The summed E-state index contributed by atoms with van der Waals surface area (Å²) in [6, 6.07) is 11.6. The van der Waals surface area contributed by atoms with Gasteiger partial charge in [-0.05, 0) is 55.1 Å². The summed E-state index contributed by atoms with van der Waals surface area (Å²) in [6.45, 7) is 4.58. The van der Waals surface area contributed by atoms with Crippen LogP contribution in [0.2, 0.25) is 0 Å². The number of carbonyl (C=O) groups is 1. The number of halogens is 1. The van der Waals surface area contributed by atoms with E-state index in [1.165, 1.54) is 12.1 Å². The van der Waals surface area contributed by atoms with E-state index in [0.717, 1.165) is 25.1 Å². The maximum Gasteiger partial charge on any atom is 0.167 e. The molecule has 0 radical (unpaired) electrons. The monoisotopic (exact) mass is 371 g/mol. The van der Waals surface area contributed by atoms with Gasteiger partial charge in [-0.15, -0.1) is 0 Å². The van der Waals surface area contributed by atoms with Gasteiger partial charge in [0, 0.05) is 31.7 Å². The van der Waals surface area contributed by atoms with Crippen LogP contribution < -0.4 is 0 Å². The van der Waals surface area contributed by atoms with Crippen molar-refractivity contribution in [3.63, 3.8) is 0 Å². The number of phenolic OH excluding ortho intramolecular Hbond substituents is 1. The van der Waals surface area contributed by atoms with Crippen LogP contribution in [0.1, 0.15) is 33.8 Å². The smallest absolute Gasteiger partial charge is 0.167 e. The molecule has 5 heteroatoms. The van der Waals surface area contributed by atoms with Gasteiger partial charge in [0.25, 0.3) is 0 Å². The van der Waals surface area contributed by atoms with Crippen molar-refractivity contribution in [1.82, 2.24) is 4.90 Å². The van der Waals surface area contributed by atoms with Gasteiger partial charge >= 0.3 is 0 Å². The lowest BCUT2D eigenvalue weighted by molar-refractivity contribution is 0.0717. The van der Waals surface area contributed by atoms with Crippen LogP contribution in [0.25, 0.3) is 0 Å². The molecule has 2 atom stereocenters. The zero-order chi connectivity index (χ0) is 19.4. The number of phenols is 1. The molecule has 1 heterocycles. The van der Waals surface area contributed by atoms with E-state index in [1.54, 1.807) is 38.3 Å². The molecule has 0 spiro atoms. The first-order valence-corrected chi connectivity index (χ1v) is 9.30. The summed E-state index contributed by atoms with van der Waals surface area (Å²) in [5.41, 5.74) is 2.01. The molecule has 0 amide bonds. The number of ketones is 1. The van der Waals surface area contributed by atoms with E-state index in [9.17, 15) is 14.3 Å². The second-order valence-corrected chi connectivity index (χ2v) is 7.16. The summed E-state index contributed by atoms with van der Waals surface area (Å²) in [4.78, 5) is 15.5. The Morgan fingerprint density at radius 3 is 2.81 bits per heavy atom. The summed E-state index contributed by atoms with van der Waals surface area (Å²) >= 11 is 0. The zero-order valence-corrected chi connectivity index (χ0v) is 15.8. The topological polar surface area (TPSA) is 49.8 Å². The summed E-state index contributed by atoms with van der Waals surface area (Å²) < 4.78 is 19.3. The van der Waals surface area contributed by atoms with E-state index in [-0.39, 0.29) is 29.2 Å². The highest BCUT2D eigenvalue weighted by Gasteiger charge is 2.36. The third-order valence-electron chi connectivity index (χ3n) is 5.49. The number of hydrogen-bond acceptors (Lipinski definition) is 4. The number of aromatic hydroxyl groups is 1. The number of piperidine rings is 1. The van der Waals surface area contributed by atoms with Crippen LogP contribution in [0.5, 0.6) is 5.75 Å². The van der Waals surface area contributed by atoms with Crippen molar-refractivity contribution in [2.45, 2.75) is 19.3 Å². The molecule has 1 aliphatic rings. The lowest BCUT2D eigenvalue weighted by Gasteiger charge is -2.38. The van der Waals surface area contributed by atoms with Crippen LogP contribution in [0, 0.1) is 18.7 Å². The molecule has 0 aliphatic carbocycles. The molecule has 1 fully saturated rings. The van der Waals surface area contributed by atoms with E-state index in [2.05, 4.69) is 4.90 Å². The highest BCUT2D eigenvalue weighted by molar-refractivity contribution is 5.99. The Hall–Kier alpha value is -2.24. The maximum absolute atomic E-state index is 14.1. The molecule has 2 aromatic rings. The van der Waals surface area contributed by atoms with Crippen molar-refractivity contribution >= 4 is 5.78 Å². The van der Waals surface area contributed by atoms with Crippen molar-refractivity contribution in [3.05, 3.63) is 65.0 Å². The fraction of sp³-hybridized carbons (Fsp3) is 0.409. The number of benzene rings is 2. The first kappa shape index (κ1) is 19.5. The predicted octanol–water partition coefficient (Wildman–Crippen LogP) is 3.77. The lowest BCUT2D eigenvalue weighted by atomic mass is 9.75. The molecule has 1 aliphatic heterocycles. The first-order valence-electron chi connectivity index (χ1n) is 9.30. The molecule has 3 rings (SSSR count). The van der Waals surface area contributed by atoms with Crippen LogP contribution >= 0.6 is 0 Å². The maximum atomic E-state index is 14.1. The van der Waals surface area contributed by atoms with Gasteiger partial charge in [0.1, 0.15) is 11.6 Å². The first-order chi connectivity index (χ1) is 13.0. The fourth-order valence-electron chi connectivity index (χ4n) is 3.98. The summed E-state index contributed by atoms with van der Waals surface area (Å²) in [5, 5.41) is 9.76. The Balaban J connectivity index is 1.93. The molecule has 2 unspecified atom stereocenters. The minimum Gasteiger partial charge on any atom is -0.508 e. The minimum absolute atomic E-state index is 0.0123. The molecule has 144 valence electrons. The number of carbonyl (C=O) groups excluding carboxylic acids is 1. The van der Waals surface area contributed by atoms with Crippen LogP contribution in [0.4, 0.5) is 4.39 Å². The summed E-state index contributed by atoms with van der Waals surface area (Å²) in [5.74, 6) is -0.516. The Labute approximate surface area is 159 Å². The molecule has 0 saturated carbocycles. The third kappa shape index (κ3) is 4.37. The van der Waals surface area contributed by atoms with Crippen LogP contribution in [0.3, 0.4) is 0 Å². The van der Waals surface area contributed by atoms with Gasteiger partial charge in [0.05, 0.1) is 6.61 Å². The van der Waals surface area contributed by atoms with Gasteiger partial charge in [-0.2, -0.15) is 0 Å². The van der Waals surface area contributed by atoms with Gasteiger partial charge < -0.3 is 14.7 Å². The Morgan fingerprint density at radius 1 is 1.30 bits per heavy atom. The van der Waals surface area contributed by atoms with Crippen LogP contribution in [-0.2, 0) is 4.74 Å². The zero-order valence-electron chi connectivity index (χ0n) is 15.8. The predicted molar refractivity (Wildman–Crippen MR) is 103 cm³/mol. The molecule has 2 aromatic carbocycles. The largest absolute Gasteiger partial charge is 0.508 e. The van der Waals surface area contributed by atoms with Gasteiger partial charge in [0.15, 0.2) is 5.78 Å². The molecule has 27 heavy (non-hydrogen) atoms. The van der Waals surface area contributed by atoms with Crippen molar-refractivity contribution in [2.24, 2.45) is 5.92 Å². The average molecular weight is 371 g/mol. The minimum atomic E-state index is -0.294. The van der Waals surface area contributed by atoms with Gasteiger partial charge in [-0.25, -0.2) is 4.39 Å². The molecule has 4 nitrogen and oxygen atoms in total. The normalized spacial score (nSPS) is 20.6. The van der Waals surface area contributed by atoms with Gasteiger partial charge in [-0.3, -0.25) is 4.79 Å². The fourth-order valence-corrected chi connectivity index (χ4v) is 3.98. The standard InChI is InChI=1S/C22H26FNO3/c1-15-18(7-4-8-21(15)23)19-9-10-24(11-12-27-2)14-20(19)22(26)16-5-3-6-17(25)13-16/h3-8,13,19-20,25H,9-12,14H2,1-2H3. The van der Waals surface area contributed by atoms with Gasteiger partial charge in [-0.1, -0.05) is 24.3 Å². The van der Waals surface area contributed by atoms with E-state index in [1.807, 2.05) is 6.07 Å². The number of hydrogen-bond donors (Lipinski definition) is 1. The Kier molecular flexibility index (Phi) is 6.24. The molecule has 0 bridgehead atoms. The molecule has 1 saturated heterocycles. The average Bonchev–Trinajstić information content (AvgIpc) is 2.68. The van der Waals surface area contributed by atoms with Crippen LogP contribution in [0.15, 0.2) is 42.5 Å². The summed E-state index contributed by atoms with van der Waals surface area (Å²) in [7, 11) is 1.66. The molecular weight excluding hydrogens is 345 g/mol.